The average Bonchev–Trinajstić information content (AvgIpc) is 2.70. The van der Waals surface area contributed by atoms with E-state index in [1.807, 2.05) is 20.8 Å². The van der Waals surface area contributed by atoms with Crippen LogP contribution in [0.25, 0.3) is 0 Å². The monoisotopic (exact) mass is 429 g/mol. The molecule has 0 aliphatic rings. The van der Waals surface area contributed by atoms with Crippen LogP contribution in [0.15, 0.2) is 0 Å². The Morgan fingerprint density at radius 3 is 1.83 bits per heavy atom. The van der Waals surface area contributed by atoms with Gasteiger partial charge in [-0.2, -0.15) is 0 Å². The molecule has 30 heavy (non-hydrogen) atoms. The lowest BCUT2D eigenvalue weighted by atomic mass is 10.1. The van der Waals surface area contributed by atoms with Crippen molar-refractivity contribution in [2.45, 2.75) is 123 Å². The predicted octanol–water partition coefficient (Wildman–Crippen LogP) is 7.03. The largest absolute Gasteiger partial charge is 0.449 e. The second-order valence-corrected chi connectivity index (χ2v) is 8.86. The Morgan fingerprint density at radius 2 is 1.27 bits per heavy atom. The van der Waals surface area contributed by atoms with Crippen molar-refractivity contribution in [3.05, 3.63) is 0 Å². The summed E-state index contributed by atoms with van der Waals surface area (Å²) < 4.78 is 16.4. The fraction of sp³-hybridized carbons (Fsp3) is 0.960. The van der Waals surface area contributed by atoms with Crippen molar-refractivity contribution in [2.24, 2.45) is 0 Å². The topological polar surface area (TPSA) is 56.8 Å². The Labute approximate surface area is 187 Å². The van der Waals surface area contributed by atoms with E-state index in [1.54, 1.807) is 0 Å². The summed E-state index contributed by atoms with van der Waals surface area (Å²) in [6, 6.07) is 0. The van der Waals surface area contributed by atoms with Crippen LogP contribution in [0.4, 0.5) is 4.79 Å². The third kappa shape index (κ3) is 21.9. The van der Waals surface area contributed by atoms with Gasteiger partial charge in [-0.15, -0.1) is 0 Å². The van der Waals surface area contributed by atoms with E-state index in [0.29, 0.717) is 32.8 Å². The Hall–Kier alpha value is -0.810. The highest BCUT2D eigenvalue weighted by atomic mass is 16.6. The lowest BCUT2D eigenvalue weighted by Crippen LogP contribution is -2.30. The molecule has 0 heterocycles. The van der Waals surface area contributed by atoms with Gasteiger partial charge in [0.2, 0.25) is 0 Å². The number of nitrogens with one attached hydrogen (secondary N) is 1. The van der Waals surface area contributed by atoms with Gasteiger partial charge in [-0.25, -0.2) is 4.79 Å². The molecule has 0 aromatic carbocycles. The van der Waals surface area contributed by atoms with Gasteiger partial charge in [0.1, 0.15) is 0 Å². The fourth-order valence-corrected chi connectivity index (χ4v) is 3.42. The van der Waals surface area contributed by atoms with Gasteiger partial charge in [-0.3, -0.25) is 0 Å². The number of hydrogen-bond donors (Lipinski definition) is 1. The molecule has 0 rings (SSSR count). The van der Waals surface area contributed by atoms with E-state index in [1.165, 1.54) is 70.6 Å². The van der Waals surface area contributed by atoms with Crippen molar-refractivity contribution in [1.82, 2.24) is 5.32 Å². The Bertz CT molecular complexity index is 374. The van der Waals surface area contributed by atoms with Gasteiger partial charge in [-0.05, 0) is 33.6 Å². The highest BCUT2D eigenvalue weighted by molar-refractivity contribution is 5.66. The summed E-state index contributed by atoms with van der Waals surface area (Å²) in [6.07, 6.45) is 17.5. The van der Waals surface area contributed by atoms with Gasteiger partial charge in [-0.1, -0.05) is 77.6 Å². The van der Waals surface area contributed by atoms with Crippen molar-refractivity contribution in [3.8, 4) is 0 Å². The zero-order valence-electron chi connectivity index (χ0n) is 20.6. The lowest BCUT2D eigenvalue weighted by molar-refractivity contribution is -0.0274. The van der Waals surface area contributed by atoms with Crippen molar-refractivity contribution in [2.75, 3.05) is 33.0 Å². The quantitative estimate of drug-likeness (QED) is 0.188. The van der Waals surface area contributed by atoms with Crippen LogP contribution in [-0.4, -0.2) is 44.7 Å². The molecule has 0 bridgehead atoms. The van der Waals surface area contributed by atoms with E-state index in [0.717, 1.165) is 19.4 Å². The molecule has 0 spiro atoms. The third-order valence-electron chi connectivity index (χ3n) is 5.35. The van der Waals surface area contributed by atoms with E-state index in [2.05, 4.69) is 12.2 Å². The molecule has 5 heteroatoms. The second kappa shape index (κ2) is 21.4. The molecule has 1 N–H and O–H groups in total. The molecule has 0 aliphatic carbocycles. The van der Waals surface area contributed by atoms with E-state index < -0.39 is 0 Å². The first-order chi connectivity index (χ1) is 14.5. The molecule has 0 fully saturated rings. The van der Waals surface area contributed by atoms with Crippen LogP contribution in [0.2, 0.25) is 0 Å². The van der Waals surface area contributed by atoms with Crippen molar-refractivity contribution < 1.29 is 19.0 Å². The first-order valence-corrected chi connectivity index (χ1v) is 12.6. The van der Waals surface area contributed by atoms with Crippen LogP contribution in [0, 0.1) is 0 Å². The number of alkyl carbamates (subject to hydrolysis) is 1. The SMILES string of the molecule is CCCCCCCCCCCCCCOCCCNC(=O)OCCC(C)(C)OCC. The van der Waals surface area contributed by atoms with Gasteiger partial charge < -0.3 is 19.5 Å². The Kier molecular flexibility index (Phi) is 20.8. The zero-order valence-corrected chi connectivity index (χ0v) is 20.6. The summed E-state index contributed by atoms with van der Waals surface area (Å²) in [6.45, 7) is 11.4. The molecule has 1 amide bonds. The average molecular weight is 430 g/mol. The number of ether oxygens (including phenoxy) is 3. The number of carbonyl (C=O) groups is 1. The number of hydrogen-bond acceptors (Lipinski definition) is 4. The summed E-state index contributed by atoms with van der Waals surface area (Å²) in [7, 11) is 0. The predicted molar refractivity (Wildman–Crippen MR) is 126 cm³/mol. The standard InChI is InChI=1S/C25H51NO4/c1-5-7-8-9-10-11-12-13-14-15-16-17-21-28-22-18-20-26-24(27)29-23-19-25(3,4)30-6-2/h5-23H2,1-4H3,(H,26,27). The van der Waals surface area contributed by atoms with Crippen LogP contribution in [0.5, 0.6) is 0 Å². The van der Waals surface area contributed by atoms with Gasteiger partial charge >= 0.3 is 6.09 Å². The normalized spacial score (nSPS) is 11.6. The van der Waals surface area contributed by atoms with Crippen molar-refractivity contribution >= 4 is 6.09 Å². The van der Waals surface area contributed by atoms with Crippen LogP contribution < -0.4 is 5.32 Å². The molecule has 0 saturated carbocycles. The molecule has 0 unspecified atom stereocenters. The number of unbranched alkanes of at least 4 members (excludes halogenated alkanes) is 11. The van der Waals surface area contributed by atoms with E-state index in [-0.39, 0.29) is 11.7 Å². The van der Waals surface area contributed by atoms with Crippen LogP contribution in [0.3, 0.4) is 0 Å². The summed E-state index contributed by atoms with van der Waals surface area (Å²) in [5.41, 5.74) is -0.253. The minimum Gasteiger partial charge on any atom is -0.449 e. The van der Waals surface area contributed by atoms with Gasteiger partial charge in [0.25, 0.3) is 0 Å². The summed E-state index contributed by atoms with van der Waals surface area (Å²) in [4.78, 5) is 11.6. The van der Waals surface area contributed by atoms with Gasteiger partial charge in [0.15, 0.2) is 0 Å². The van der Waals surface area contributed by atoms with E-state index in [9.17, 15) is 4.79 Å². The smallest absolute Gasteiger partial charge is 0.407 e. The highest BCUT2D eigenvalue weighted by Gasteiger charge is 2.18. The van der Waals surface area contributed by atoms with E-state index in [4.69, 9.17) is 14.2 Å². The molecule has 0 radical (unpaired) electrons. The zero-order chi connectivity index (χ0) is 22.3. The molecule has 5 nitrogen and oxygen atoms in total. The number of amides is 1. The maximum atomic E-state index is 11.6. The summed E-state index contributed by atoms with van der Waals surface area (Å²) in [5, 5.41) is 2.77. The number of rotatable bonds is 22. The molecule has 0 aliphatic heterocycles. The minimum atomic E-state index is -0.358. The van der Waals surface area contributed by atoms with Crippen LogP contribution in [-0.2, 0) is 14.2 Å². The lowest BCUT2D eigenvalue weighted by Gasteiger charge is -2.24. The molecule has 0 atom stereocenters. The summed E-state index contributed by atoms with van der Waals surface area (Å²) in [5.74, 6) is 0. The molecular formula is C25H51NO4. The fourth-order valence-electron chi connectivity index (χ4n) is 3.42. The Morgan fingerprint density at radius 1 is 0.733 bits per heavy atom. The van der Waals surface area contributed by atoms with Crippen molar-refractivity contribution in [3.63, 3.8) is 0 Å². The maximum absolute atomic E-state index is 11.6. The molecule has 0 aromatic rings. The van der Waals surface area contributed by atoms with Gasteiger partial charge in [0, 0.05) is 32.8 Å². The molecule has 0 saturated heterocycles. The Balaban J connectivity index is 3.23. The second-order valence-electron chi connectivity index (χ2n) is 8.86. The van der Waals surface area contributed by atoms with Crippen molar-refractivity contribution in [1.29, 1.82) is 0 Å². The number of carbonyl (C=O) groups excluding carboxylic acids is 1. The first-order valence-electron chi connectivity index (χ1n) is 12.6. The van der Waals surface area contributed by atoms with E-state index >= 15 is 0 Å². The first kappa shape index (κ1) is 29.2. The minimum absolute atomic E-state index is 0.253. The third-order valence-corrected chi connectivity index (χ3v) is 5.35. The summed E-state index contributed by atoms with van der Waals surface area (Å²) >= 11 is 0. The maximum Gasteiger partial charge on any atom is 0.407 e. The van der Waals surface area contributed by atoms with Crippen LogP contribution in [0.1, 0.15) is 118 Å². The molecular weight excluding hydrogens is 378 g/mol. The van der Waals surface area contributed by atoms with Crippen LogP contribution >= 0.6 is 0 Å². The van der Waals surface area contributed by atoms with Gasteiger partial charge in [0.05, 0.1) is 12.2 Å². The molecule has 0 aromatic heterocycles. The highest BCUT2D eigenvalue weighted by Crippen LogP contribution is 2.14. The molecule has 180 valence electrons.